The molecule has 0 aliphatic carbocycles. The Morgan fingerprint density at radius 3 is 2.29 bits per heavy atom. The van der Waals surface area contributed by atoms with Gasteiger partial charge >= 0.3 is 0 Å². The fraction of sp³-hybridized carbons (Fsp3) is 0.714. The van der Waals surface area contributed by atoms with Gasteiger partial charge in [-0.3, -0.25) is 4.90 Å². The Hall–Kier alpha value is -0.380. The molecule has 0 saturated heterocycles. The molecular weight excluding hydrogens is 228 g/mol. The second-order valence-electron chi connectivity index (χ2n) is 4.85. The van der Waals surface area contributed by atoms with Crippen molar-refractivity contribution in [1.29, 1.82) is 0 Å². The molecule has 1 heterocycles. The maximum absolute atomic E-state index is 6.51. The molecule has 0 aliphatic heterocycles. The minimum absolute atomic E-state index is 0.0526. The molecule has 17 heavy (non-hydrogen) atoms. The van der Waals surface area contributed by atoms with Gasteiger partial charge in [0.15, 0.2) is 0 Å². The third-order valence-electron chi connectivity index (χ3n) is 3.98. The monoisotopic (exact) mass is 254 g/mol. The van der Waals surface area contributed by atoms with Gasteiger partial charge in [0.2, 0.25) is 0 Å². The molecule has 0 fully saturated rings. The van der Waals surface area contributed by atoms with Crippen molar-refractivity contribution >= 4 is 11.3 Å². The molecule has 0 amide bonds. The first kappa shape index (κ1) is 14.7. The molecule has 2 nitrogen and oxygen atoms in total. The van der Waals surface area contributed by atoms with Crippen LogP contribution in [-0.2, 0) is 0 Å². The molecule has 98 valence electrons. The van der Waals surface area contributed by atoms with E-state index >= 15 is 0 Å². The summed E-state index contributed by atoms with van der Waals surface area (Å²) in [5, 5.41) is 2.21. The lowest BCUT2D eigenvalue weighted by Gasteiger charge is -2.44. The maximum atomic E-state index is 6.51. The van der Waals surface area contributed by atoms with Crippen molar-refractivity contribution in [3.05, 3.63) is 21.9 Å². The van der Waals surface area contributed by atoms with Crippen LogP contribution in [0.3, 0.4) is 0 Å². The van der Waals surface area contributed by atoms with Crippen molar-refractivity contribution in [3.63, 3.8) is 0 Å². The summed E-state index contributed by atoms with van der Waals surface area (Å²) in [5.41, 5.74) is 7.85. The van der Waals surface area contributed by atoms with E-state index in [4.69, 9.17) is 5.73 Å². The summed E-state index contributed by atoms with van der Waals surface area (Å²) in [6.07, 6.45) is 1.07. The van der Waals surface area contributed by atoms with Crippen LogP contribution in [0.4, 0.5) is 0 Å². The van der Waals surface area contributed by atoms with E-state index in [1.807, 2.05) is 0 Å². The second-order valence-corrected chi connectivity index (χ2v) is 5.97. The van der Waals surface area contributed by atoms with Crippen LogP contribution in [0.1, 0.15) is 50.6 Å². The summed E-state index contributed by atoms with van der Waals surface area (Å²) >= 11 is 1.79. The number of nitrogens with zero attached hydrogens (tertiary/aromatic N) is 1. The predicted octanol–water partition coefficient (Wildman–Crippen LogP) is 3.57. The molecule has 1 aromatic rings. The van der Waals surface area contributed by atoms with Gasteiger partial charge in [0, 0.05) is 16.5 Å². The molecule has 2 N–H and O–H groups in total. The number of likely N-dealkylation sites (N-methyl/N-ethyl adjacent to an activating group) is 1. The van der Waals surface area contributed by atoms with E-state index in [0.29, 0.717) is 0 Å². The Morgan fingerprint density at radius 2 is 1.94 bits per heavy atom. The van der Waals surface area contributed by atoms with Gasteiger partial charge in [0.25, 0.3) is 0 Å². The largest absolute Gasteiger partial charge is 0.322 e. The highest BCUT2D eigenvalue weighted by Crippen LogP contribution is 2.34. The van der Waals surface area contributed by atoms with E-state index in [-0.39, 0.29) is 11.6 Å². The van der Waals surface area contributed by atoms with Crippen LogP contribution < -0.4 is 5.73 Å². The summed E-state index contributed by atoms with van der Waals surface area (Å²) in [6, 6.07) is 2.32. The van der Waals surface area contributed by atoms with Gasteiger partial charge in [-0.1, -0.05) is 20.8 Å². The molecular formula is C14H26N2S. The normalized spacial score (nSPS) is 17.1. The quantitative estimate of drug-likeness (QED) is 0.841. The third-order valence-corrected chi connectivity index (χ3v) is 4.86. The van der Waals surface area contributed by atoms with E-state index in [1.165, 1.54) is 10.4 Å². The van der Waals surface area contributed by atoms with E-state index in [0.717, 1.165) is 19.5 Å². The van der Waals surface area contributed by atoms with Gasteiger partial charge in [-0.2, -0.15) is 0 Å². The first-order valence-electron chi connectivity index (χ1n) is 6.55. The van der Waals surface area contributed by atoms with E-state index in [2.05, 4.69) is 51.0 Å². The minimum Gasteiger partial charge on any atom is -0.322 e. The first-order valence-corrected chi connectivity index (χ1v) is 7.43. The van der Waals surface area contributed by atoms with Gasteiger partial charge in [-0.25, -0.2) is 0 Å². The fourth-order valence-electron chi connectivity index (χ4n) is 2.57. The van der Waals surface area contributed by atoms with E-state index in [1.54, 1.807) is 11.3 Å². The van der Waals surface area contributed by atoms with Crippen LogP contribution >= 0.6 is 11.3 Å². The van der Waals surface area contributed by atoms with Crippen LogP contribution in [0.5, 0.6) is 0 Å². The van der Waals surface area contributed by atoms with Crippen molar-refractivity contribution in [3.8, 4) is 0 Å². The van der Waals surface area contributed by atoms with Crippen LogP contribution in [0.15, 0.2) is 11.4 Å². The lowest BCUT2D eigenvalue weighted by Crippen LogP contribution is -2.52. The molecule has 0 spiro atoms. The highest BCUT2D eigenvalue weighted by Gasteiger charge is 2.35. The van der Waals surface area contributed by atoms with E-state index in [9.17, 15) is 0 Å². The lowest BCUT2D eigenvalue weighted by atomic mass is 9.84. The molecule has 1 aromatic heterocycles. The average molecular weight is 254 g/mol. The predicted molar refractivity (Wildman–Crippen MR) is 77.6 cm³/mol. The van der Waals surface area contributed by atoms with Crippen LogP contribution in [-0.4, -0.2) is 23.5 Å². The minimum atomic E-state index is 0.0526. The molecule has 0 aliphatic rings. The molecule has 0 radical (unpaired) electrons. The first-order chi connectivity index (χ1) is 7.99. The van der Waals surface area contributed by atoms with Crippen molar-refractivity contribution in [1.82, 2.24) is 4.90 Å². The number of hydrogen-bond acceptors (Lipinski definition) is 3. The Labute approximate surface area is 110 Å². The zero-order chi connectivity index (χ0) is 13.1. The lowest BCUT2D eigenvalue weighted by molar-refractivity contribution is 0.0846. The zero-order valence-corrected chi connectivity index (χ0v) is 12.6. The fourth-order valence-corrected chi connectivity index (χ4v) is 3.31. The number of hydrogen-bond donors (Lipinski definition) is 1. The maximum Gasteiger partial charge on any atom is 0.0487 e. The summed E-state index contributed by atoms with van der Waals surface area (Å²) in [5.74, 6) is 0. The average Bonchev–Trinajstić information content (AvgIpc) is 2.76. The van der Waals surface area contributed by atoms with Crippen molar-refractivity contribution in [2.45, 2.75) is 52.6 Å². The standard InChI is InChI=1S/C14H26N2S/c1-6-14(5,16(7-2)8-3)13(15)12-9-11(4)17-10-12/h9-10,13H,6-8,15H2,1-5H3. The van der Waals surface area contributed by atoms with Crippen molar-refractivity contribution in [2.24, 2.45) is 5.73 Å². The molecule has 0 saturated carbocycles. The van der Waals surface area contributed by atoms with E-state index < -0.39 is 0 Å². The molecule has 3 heteroatoms. The van der Waals surface area contributed by atoms with Gasteiger partial charge < -0.3 is 5.73 Å². The van der Waals surface area contributed by atoms with Gasteiger partial charge in [-0.15, -0.1) is 11.3 Å². The Kier molecular flexibility index (Phi) is 5.17. The van der Waals surface area contributed by atoms with Crippen LogP contribution in [0.25, 0.3) is 0 Å². The Bertz CT molecular complexity index is 344. The highest BCUT2D eigenvalue weighted by atomic mass is 32.1. The van der Waals surface area contributed by atoms with Gasteiger partial charge in [0.05, 0.1) is 0 Å². The van der Waals surface area contributed by atoms with Gasteiger partial charge in [0.1, 0.15) is 0 Å². The molecule has 0 aromatic carbocycles. The SMILES string of the molecule is CCN(CC)C(C)(CC)C(N)c1csc(C)c1. The Morgan fingerprint density at radius 1 is 1.35 bits per heavy atom. The third kappa shape index (κ3) is 2.90. The summed E-state index contributed by atoms with van der Waals surface area (Å²) < 4.78 is 0. The molecule has 2 unspecified atom stereocenters. The topological polar surface area (TPSA) is 29.3 Å². The Balaban J connectivity index is 2.99. The zero-order valence-electron chi connectivity index (χ0n) is 11.8. The number of nitrogens with two attached hydrogens (primary N) is 1. The van der Waals surface area contributed by atoms with Gasteiger partial charge in [-0.05, 0) is 50.4 Å². The number of thiophene rings is 1. The highest BCUT2D eigenvalue weighted by molar-refractivity contribution is 7.10. The molecule has 2 atom stereocenters. The van der Waals surface area contributed by atoms with Crippen molar-refractivity contribution in [2.75, 3.05) is 13.1 Å². The summed E-state index contributed by atoms with van der Waals surface area (Å²) in [4.78, 5) is 3.82. The summed E-state index contributed by atoms with van der Waals surface area (Å²) in [7, 11) is 0. The second kappa shape index (κ2) is 5.98. The molecule has 0 bridgehead atoms. The van der Waals surface area contributed by atoms with Crippen molar-refractivity contribution < 1.29 is 0 Å². The number of rotatable bonds is 6. The molecule has 1 rings (SSSR count). The smallest absolute Gasteiger partial charge is 0.0487 e. The summed E-state index contributed by atoms with van der Waals surface area (Å²) in [6.45, 7) is 13.2. The van der Waals surface area contributed by atoms with Crippen LogP contribution in [0.2, 0.25) is 0 Å². The number of aryl methyl sites for hydroxylation is 1. The van der Waals surface area contributed by atoms with Crippen LogP contribution in [0, 0.1) is 6.92 Å².